The molecule has 0 aliphatic carbocycles. The second kappa shape index (κ2) is 9.05. The largest absolute Gasteiger partial charge is 0.461 e. The summed E-state index contributed by atoms with van der Waals surface area (Å²) >= 11 is 6.03. The lowest BCUT2D eigenvalue weighted by Gasteiger charge is -2.35. The van der Waals surface area contributed by atoms with Crippen LogP contribution in [0.2, 0.25) is 5.15 Å². The van der Waals surface area contributed by atoms with Gasteiger partial charge in [0, 0.05) is 17.6 Å². The summed E-state index contributed by atoms with van der Waals surface area (Å²) in [6, 6.07) is 0.0379. The fourth-order valence-electron chi connectivity index (χ4n) is 6.59. The maximum atomic E-state index is 15.1. The van der Waals surface area contributed by atoms with Crippen LogP contribution in [0.1, 0.15) is 71.4 Å². The Morgan fingerprint density at radius 3 is 2.68 bits per heavy atom. The van der Waals surface area contributed by atoms with Crippen LogP contribution < -0.4 is 4.74 Å². The first-order valence-electron chi connectivity index (χ1n) is 13.3. The number of amides is 1. The maximum Gasteiger partial charge on any atom is 0.411 e. The van der Waals surface area contributed by atoms with Gasteiger partial charge in [0.25, 0.3) is 0 Å². The zero-order valence-electron chi connectivity index (χ0n) is 21.6. The Labute approximate surface area is 221 Å². The van der Waals surface area contributed by atoms with E-state index in [2.05, 4.69) is 20.9 Å². The van der Waals surface area contributed by atoms with Crippen molar-refractivity contribution in [1.82, 2.24) is 24.8 Å². The van der Waals surface area contributed by atoms with Crippen molar-refractivity contribution in [1.29, 1.82) is 0 Å². The van der Waals surface area contributed by atoms with Gasteiger partial charge in [-0.3, -0.25) is 9.80 Å². The summed E-state index contributed by atoms with van der Waals surface area (Å²) in [5.74, 6) is -0.677. The van der Waals surface area contributed by atoms with Crippen LogP contribution in [0.4, 0.5) is 9.18 Å². The van der Waals surface area contributed by atoms with Crippen molar-refractivity contribution >= 4 is 34.2 Å². The topological polar surface area (TPSA) is 80.7 Å². The fourth-order valence-corrected chi connectivity index (χ4v) is 6.73. The van der Waals surface area contributed by atoms with Crippen LogP contribution in [0, 0.1) is 5.82 Å². The quantitative estimate of drug-likeness (QED) is 0.492. The van der Waals surface area contributed by atoms with E-state index in [9.17, 15) is 4.79 Å². The Kier molecular flexibility index (Phi) is 6.06. The molecule has 6 rings (SSSR count). The minimum absolute atomic E-state index is 0.0104. The molecule has 4 aliphatic heterocycles. The first kappa shape index (κ1) is 24.8. The molecule has 0 spiro atoms. The Morgan fingerprint density at radius 1 is 1.22 bits per heavy atom. The molecule has 10 heteroatoms. The number of halogens is 2. The van der Waals surface area contributed by atoms with Gasteiger partial charge in [-0.05, 0) is 84.4 Å². The molecule has 2 bridgehead atoms. The Bertz CT molecular complexity index is 1270. The first-order chi connectivity index (χ1) is 17.6. The number of carbonyl (C=O) groups is 1. The zero-order chi connectivity index (χ0) is 25.9. The number of pyridine rings is 1. The number of ether oxygens (including phenoxy) is 2. The molecule has 1 amide bonds. The molecule has 8 nitrogen and oxygen atoms in total. The van der Waals surface area contributed by atoms with Crippen LogP contribution in [0.5, 0.6) is 6.01 Å². The molecule has 3 fully saturated rings. The predicted molar refractivity (Wildman–Crippen MR) is 138 cm³/mol. The van der Waals surface area contributed by atoms with E-state index in [1.807, 2.05) is 25.7 Å². The highest BCUT2D eigenvalue weighted by Crippen LogP contribution is 2.42. The molecule has 2 aromatic heterocycles. The third kappa shape index (κ3) is 4.44. The monoisotopic (exact) mass is 529 g/mol. The van der Waals surface area contributed by atoms with E-state index in [4.69, 9.17) is 26.1 Å². The summed E-state index contributed by atoms with van der Waals surface area (Å²) in [4.78, 5) is 30.5. The average molecular weight is 530 g/mol. The van der Waals surface area contributed by atoms with Gasteiger partial charge in [-0.2, -0.15) is 9.97 Å². The van der Waals surface area contributed by atoms with Crippen molar-refractivity contribution in [3.05, 3.63) is 28.9 Å². The minimum Gasteiger partial charge on any atom is -0.461 e. The number of rotatable bonds is 4. The van der Waals surface area contributed by atoms with E-state index in [0.29, 0.717) is 24.1 Å². The molecule has 2 atom stereocenters. The number of hydrogen-bond acceptors (Lipinski definition) is 7. The van der Waals surface area contributed by atoms with Gasteiger partial charge in [0.2, 0.25) is 0 Å². The number of nitrogens with zero attached hydrogens (tertiary/aromatic N) is 5. The summed E-state index contributed by atoms with van der Waals surface area (Å²) in [5.41, 5.74) is 1.09. The lowest BCUT2D eigenvalue weighted by Crippen LogP contribution is -2.45. The molecule has 6 heterocycles. The molecule has 3 saturated heterocycles. The van der Waals surface area contributed by atoms with Crippen molar-refractivity contribution < 1.29 is 18.7 Å². The van der Waals surface area contributed by atoms with Gasteiger partial charge in [0.1, 0.15) is 17.7 Å². The maximum absolute atomic E-state index is 15.1. The normalized spacial score (nSPS) is 24.9. The van der Waals surface area contributed by atoms with Gasteiger partial charge in [0.15, 0.2) is 11.0 Å². The molecule has 37 heavy (non-hydrogen) atoms. The van der Waals surface area contributed by atoms with Gasteiger partial charge in [-0.25, -0.2) is 14.2 Å². The van der Waals surface area contributed by atoms with Crippen LogP contribution in [0.3, 0.4) is 0 Å². The molecule has 2 aromatic rings. The van der Waals surface area contributed by atoms with Gasteiger partial charge in [-0.15, -0.1) is 0 Å². The number of aromatic nitrogens is 3. The summed E-state index contributed by atoms with van der Waals surface area (Å²) < 4.78 is 27.0. The van der Waals surface area contributed by atoms with Crippen LogP contribution in [-0.4, -0.2) is 73.8 Å². The molecule has 0 radical (unpaired) electrons. The summed E-state index contributed by atoms with van der Waals surface area (Å²) in [7, 11) is 0. The highest BCUT2D eigenvalue weighted by Gasteiger charge is 2.45. The Morgan fingerprint density at radius 2 is 1.97 bits per heavy atom. The van der Waals surface area contributed by atoms with Gasteiger partial charge < -0.3 is 9.47 Å². The first-order valence-corrected chi connectivity index (χ1v) is 13.6. The number of hydrogen-bond donors (Lipinski definition) is 0. The van der Waals surface area contributed by atoms with Crippen molar-refractivity contribution in [2.45, 2.75) is 88.9 Å². The molecule has 198 valence electrons. The number of carbonyl (C=O) groups excluding carboxylic acids is 1. The van der Waals surface area contributed by atoms with E-state index in [1.54, 1.807) is 0 Å². The van der Waals surface area contributed by atoms with E-state index >= 15 is 4.39 Å². The lowest BCUT2D eigenvalue weighted by atomic mass is 9.95. The molecular weight excluding hydrogens is 497 g/mol. The van der Waals surface area contributed by atoms with Crippen molar-refractivity contribution in [3.63, 3.8) is 0 Å². The van der Waals surface area contributed by atoms with Crippen LogP contribution in [0.25, 0.3) is 16.5 Å². The van der Waals surface area contributed by atoms with E-state index in [0.717, 1.165) is 57.2 Å². The van der Waals surface area contributed by atoms with Gasteiger partial charge in [-0.1, -0.05) is 17.7 Å². The smallest absolute Gasteiger partial charge is 0.411 e. The van der Waals surface area contributed by atoms with E-state index < -0.39 is 11.4 Å². The van der Waals surface area contributed by atoms with Crippen molar-refractivity contribution in [2.75, 3.05) is 19.7 Å². The Hall–Kier alpha value is -2.52. The predicted octanol–water partition coefficient (Wildman–Crippen LogP) is 5.38. The molecule has 0 saturated carbocycles. The van der Waals surface area contributed by atoms with Crippen molar-refractivity contribution in [3.8, 4) is 6.01 Å². The second-order valence-electron chi connectivity index (χ2n) is 11.8. The third-order valence-electron chi connectivity index (χ3n) is 8.21. The lowest BCUT2D eigenvalue weighted by molar-refractivity contribution is 0.0175. The average Bonchev–Trinajstić information content (AvgIpc) is 3.49. The van der Waals surface area contributed by atoms with Crippen LogP contribution in [0.15, 0.2) is 12.3 Å². The molecule has 0 N–H and O–H groups in total. The summed E-state index contributed by atoms with van der Waals surface area (Å²) in [5, 5.41) is 0.264. The van der Waals surface area contributed by atoms with Crippen LogP contribution in [-0.2, 0) is 4.74 Å². The second-order valence-corrected chi connectivity index (χ2v) is 12.1. The standard InChI is InChI=1S/C27H33ClFN5O3/c1-26(2,3)37-25(35)34-17-6-7-18(34)13-16(12-17)21-19-14-30-23(28)20(29)22(19)32-24(31-21)36-15-27-8-4-10-33(27)11-5-9-27/h12,14,17-18H,4-11,13,15H2,1-3H3. The minimum atomic E-state index is -0.677. The summed E-state index contributed by atoms with van der Waals surface area (Å²) in [6.45, 7) is 8.27. The van der Waals surface area contributed by atoms with Gasteiger partial charge >= 0.3 is 12.1 Å². The SMILES string of the molecule is CC(C)(C)OC(=O)N1C2C=C(c3nc(OCC45CCCN4CCC5)nc4c(F)c(Cl)ncc34)CC1CC2. The van der Waals surface area contributed by atoms with E-state index in [1.165, 1.54) is 6.20 Å². The van der Waals surface area contributed by atoms with E-state index in [-0.39, 0.29) is 40.4 Å². The molecule has 0 aromatic carbocycles. The molecular formula is C27H33ClFN5O3. The zero-order valence-corrected chi connectivity index (χ0v) is 22.4. The van der Waals surface area contributed by atoms with Gasteiger partial charge in [0.05, 0.1) is 17.3 Å². The third-order valence-corrected chi connectivity index (χ3v) is 8.47. The Balaban J connectivity index is 1.34. The van der Waals surface area contributed by atoms with Crippen molar-refractivity contribution in [2.24, 2.45) is 0 Å². The number of fused-ring (bicyclic) bond motifs is 4. The highest BCUT2D eigenvalue weighted by molar-refractivity contribution is 6.30. The molecule has 4 aliphatic rings. The highest BCUT2D eigenvalue weighted by atomic mass is 35.5. The summed E-state index contributed by atoms with van der Waals surface area (Å²) in [6.07, 6.45) is 10.1. The fraction of sp³-hybridized carbons (Fsp3) is 0.630. The molecule has 2 unspecified atom stereocenters. The van der Waals surface area contributed by atoms with Crippen LogP contribution >= 0.6 is 11.6 Å².